The first-order valence-corrected chi connectivity index (χ1v) is 5.41. The Morgan fingerprint density at radius 2 is 2.07 bits per heavy atom. The number of halogens is 2. The number of nitrogens with one attached hydrogen (secondary N) is 1. The smallest absolute Gasteiger partial charge is 0.134 e. The normalized spacial score (nSPS) is 26.7. The van der Waals surface area contributed by atoms with Crippen LogP contribution in [-0.4, -0.2) is 18.5 Å². The third-order valence-electron chi connectivity index (χ3n) is 2.20. The van der Waals surface area contributed by atoms with E-state index in [0.29, 0.717) is 5.88 Å². The van der Waals surface area contributed by atoms with E-state index in [2.05, 4.69) is 5.32 Å². The lowest BCUT2D eigenvalue weighted by molar-refractivity contribution is 0.0528. The van der Waals surface area contributed by atoms with Gasteiger partial charge in [-0.05, 0) is 17.7 Å². The van der Waals surface area contributed by atoms with Crippen molar-refractivity contribution in [1.82, 2.24) is 5.32 Å². The highest BCUT2D eigenvalue weighted by molar-refractivity contribution is 6.30. The molecular weight excluding hydrogens is 221 g/mol. The molecular formula is C10H11Cl2NO. The predicted octanol–water partition coefficient (Wildman–Crippen LogP) is 2.57. The van der Waals surface area contributed by atoms with E-state index in [-0.39, 0.29) is 12.3 Å². The van der Waals surface area contributed by atoms with Crippen molar-refractivity contribution in [2.45, 2.75) is 12.3 Å². The van der Waals surface area contributed by atoms with Crippen molar-refractivity contribution in [2.75, 3.05) is 12.4 Å². The summed E-state index contributed by atoms with van der Waals surface area (Å²) < 4.78 is 5.65. The van der Waals surface area contributed by atoms with Gasteiger partial charge in [-0.15, -0.1) is 11.6 Å². The monoisotopic (exact) mass is 231 g/mol. The van der Waals surface area contributed by atoms with E-state index in [4.69, 9.17) is 27.9 Å². The second-order valence-electron chi connectivity index (χ2n) is 3.25. The van der Waals surface area contributed by atoms with Crippen LogP contribution in [0.25, 0.3) is 0 Å². The fourth-order valence-corrected chi connectivity index (χ4v) is 1.76. The fourth-order valence-electron chi connectivity index (χ4n) is 1.45. The van der Waals surface area contributed by atoms with Crippen molar-refractivity contribution >= 4 is 23.2 Å². The zero-order chi connectivity index (χ0) is 9.97. The fraction of sp³-hybridized carbons (Fsp3) is 0.400. The Hall–Kier alpha value is -0.280. The number of hydrogen-bond donors (Lipinski definition) is 1. The molecule has 1 aromatic rings. The van der Waals surface area contributed by atoms with Crippen LogP contribution in [0.3, 0.4) is 0 Å². The molecule has 4 heteroatoms. The highest BCUT2D eigenvalue weighted by Crippen LogP contribution is 2.23. The van der Waals surface area contributed by atoms with Gasteiger partial charge in [-0.25, -0.2) is 0 Å². The van der Waals surface area contributed by atoms with Gasteiger partial charge in [0.2, 0.25) is 0 Å². The third-order valence-corrected chi connectivity index (χ3v) is 2.80. The Bertz CT molecular complexity index is 301. The van der Waals surface area contributed by atoms with Gasteiger partial charge in [0.05, 0.1) is 6.10 Å². The molecule has 2 nitrogen and oxygen atoms in total. The second kappa shape index (κ2) is 4.49. The van der Waals surface area contributed by atoms with Crippen LogP contribution in [0.4, 0.5) is 0 Å². The summed E-state index contributed by atoms with van der Waals surface area (Å²) >= 11 is 11.5. The van der Waals surface area contributed by atoms with Gasteiger partial charge < -0.3 is 4.74 Å². The maximum atomic E-state index is 5.79. The Labute approximate surface area is 93.2 Å². The van der Waals surface area contributed by atoms with Gasteiger partial charge in [0, 0.05) is 17.4 Å². The molecule has 0 spiro atoms. The summed E-state index contributed by atoms with van der Waals surface area (Å²) in [5.74, 6) is 0.525. The van der Waals surface area contributed by atoms with Crippen LogP contribution in [0, 0.1) is 0 Å². The summed E-state index contributed by atoms with van der Waals surface area (Å²) in [4.78, 5) is 0. The zero-order valence-corrected chi connectivity index (χ0v) is 9.05. The molecule has 1 aliphatic heterocycles. The summed E-state index contributed by atoms with van der Waals surface area (Å²) in [6.45, 7) is 0.802. The highest BCUT2D eigenvalue weighted by Gasteiger charge is 2.24. The summed E-state index contributed by atoms with van der Waals surface area (Å²) in [6, 6.07) is 7.62. The average molecular weight is 232 g/mol. The minimum absolute atomic E-state index is 0.0454. The van der Waals surface area contributed by atoms with Crippen LogP contribution in [-0.2, 0) is 4.74 Å². The topological polar surface area (TPSA) is 21.3 Å². The molecule has 1 aliphatic rings. The molecule has 0 amide bonds. The second-order valence-corrected chi connectivity index (χ2v) is 4.00. The SMILES string of the molecule is ClCC1CNC(c2ccc(Cl)cc2)O1. The van der Waals surface area contributed by atoms with Crippen LogP contribution in [0.2, 0.25) is 5.02 Å². The molecule has 2 atom stereocenters. The standard InChI is InChI=1S/C10H11Cl2NO/c11-5-9-6-13-10(14-9)7-1-3-8(12)4-2-7/h1-4,9-10,13H,5-6H2. The van der Waals surface area contributed by atoms with Crippen molar-refractivity contribution < 1.29 is 4.74 Å². The van der Waals surface area contributed by atoms with Gasteiger partial charge in [0.25, 0.3) is 0 Å². The number of benzene rings is 1. The molecule has 2 unspecified atom stereocenters. The Balaban J connectivity index is 2.06. The minimum atomic E-state index is -0.0454. The molecule has 0 aromatic heterocycles. The van der Waals surface area contributed by atoms with Crippen LogP contribution in [0.15, 0.2) is 24.3 Å². The van der Waals surface area contributed by atoms with Crippen LogP contribution in [0.1, 0.15) is 11.8 Å². The molecule has 76 valence electrons. The van der Waals surface area contributed by atoms with E-state index in [9.17, 15) is 0 Å². The molecule has 1 fully saturated rings. The average Bonchev–Trinajstić information content (AvgIpc) is 2.67. The van der Waals surface area contributed by atoms with Gasteiger partial charge in [-0.1, -0.05) is 23.7 Å². The quantitative estimate of drug-likeness (QED) is 0.791. The summed E-state index contributed by atoms with van der Waals surface area (Å²) in [5.41, 5.74) is 1.09. The van der Waals surface area contributed by atoms with Crippen molar-refractivity contribution in [3.05, 3.63) is 34.9 Å². The number of alkyl halides is 1. The van der Waals surface area contributed by atoms with Gasteiger partial charge in [0.15, 0.2) is 0 Å². The molecule has 14 heavy (non-hydrogen) atoms. The maximum Gasteiger partial charge on any atom is 0.134 e. The number of rotatable bonds is 2. The summed E-state index contributed by atoms with van der Waals surface area (Å²) in [6.07, 6.45) is 0.0633. The van der Waals surface area contributed by atoms with E-state index < -0.39 is 0 Å². The van der Waals surface area contributed by atoms with E-state index in [1.54, 1.807) is 0 Å². The Kier molecular flexibility index (Phi) is 3.29. The molecule has 0 aliphatic carbocycles. The van der Waals surface area contributed by atoms with Gasteiger partial charge in [0.1, 0.15) is 6.23 Å². The molecule has 1 aromatic carbocycles. The molecule has 0 bridgehead atoms. The lowest BCUT2D eigenvalue weighted by atomic mass is 10.2. The van der Waals surface area contributed by atoms with Crippen LogP contribution >= 0.6 is 23.2 Å². The molecule has 2 rings (SSSR count). The van der Waals surface area contributed by atoms with Crippen molar-refractivity contribution in [3.8, 4) is 0 Å². The molecule has 0 radical (unpaired) electrons. The zero-order valence-electron chi connectivity index (χ0n) is 7.54. The van der Waals surface area contributed by atoms with Gasteiger partial charge in [-0.3, -0.25) is 5.32 Å². The Morgan fingerprint density at radius 3 is 2.64 bits per heavy atom. The molecule has 1 N–H and O–H groups in total. The lowest BCUT2D eigenvalue weighted by Gasteiger charge is -2.11. The summed E-state index contributed by atoms with van der Waals surface area (Å²) in [7, 11) is 0. The summed E-state index contributed by atoms with van der Waals surface area (Å²) in [5, 5.41) is 3.98. The van der Waals surface area contributed by atoms with E-state index >= 15 is 0 Å². The van der Waals surface area contributed by atoms with Crippen molar-refractivity contribution in [3.63, 3.8) is 0 Å². The van der Waals surface area contributed by atoms with Gasteiger partial charge in [-0.2, -0.15) is 0 Å². The molecule has 1 heterocycles. The number of ether oxygens (including phenoxy) is 1. The van der Waals surface area contributed by atoms with E-state index in [1.165, 1.54) is 0 Å². The van der Waals surface area contributed by atoms with Crippen LogP contribution in [0.5, 0.6) is 0 Å². The lowest BCUT2D eigenvalue weighted by Crippen LogP contribution is -2.15. The first-order chi connectivity index (χ1) is 6.79. The van der Waals surface area contributed by atoms with E-state index in [0.717, 1.165) is 17.1 Å². The molecule has 1 saturated heterocycles. The Morgan fingerprint density at radius 1 is 1.36 bits per heavy atom. The first kappa shape index (κ1) is 10.2. The highest BCUT2D eigenvalue weighted by atomic mass is 35.5. The van der Waals surface area contributed by atoms with Crippen molar-refractivity contribution in [2.24, 2.45) is 0 Å². The van der Waals surface area contributed by atoms with E-state index in [1.807, 2.05) is 24.3 Å². The number of hydrogen-bond acceptors (Lipinski definition) is 2. The molecule has 0 saturated carbocycles. The maximum absolute atomic E-state index is 5.79. The van der Waals surface area contributed by atoms with Crippen molar-refractivity contribution in [1.29, 1.82) is 0 Å². The first-order valence-electron chi connectivity index (χ1n) is 4.50. The minimum Gasteiger partial charge on any atom is -0.353 e. The predicted molar refractivity (Wildman–Crippen MR) is 57.8 cm³/mol. The largest absolute Gasteiger partial charge is 0.353 e. The van der Waals surface area contributed by atoms with Crippen LogP contribution < -0.4 is 5.32 Å². The third kappa shape index (κ3) is 2.20. The van der Waals surface area contributed by atoms with Gasteiger partial charge >= 0.3 is 0 Å².